The summed E-state index contributed by atoms with van der Waals surface area (Å²) in [5, 5.41) is 12.5. The number of pyridine rings is 1. The van der Waals surface area contributed by atoms with Gasteiger partial charge in [-0.2, -0.15) is 4.98 Å². The Morgan fingerprint density at radius 1 is 1.21 bits per heavy atom. The molecule has 1 unspecified atom stereocenters. The highest BCUT2D eigenvalue weighted by Crippen LogP contribution is 2.46. The third-order valence-electron chi connectivity index (χ3n) is 6.92. The first-order valence-electron chi connectivity index (χ1n) is 12.5. The summed E-state index contributed by atoms with van der Waals surface area (Å²) in [6.45, 7) is 2.02. The molecule has 0 saturated heterocycles. The number of sulfonamides is 1. The second-order valence-electron chi connectivity index (χ2n) is 10.1. The second-order valence-corrected chi connectivity index (χ2v) is 12.0. The predicted molar refractivity (Wildman–Crippen MR) is 146 cm³/mol. The summed E-state index contributed by atoms with van der Waals surface area (Å²) in [6.07, 6.45) is 3.07. The van der Waals surface area contributed by atoms with Crippen molar-refractivity contribution in [1.29, 1.82) is 0 Å². The number of rotatable bonds is 11. The third kappa shape index (κ3) is 5.83. The van der Waals surface area contributed by atoms with E-state index in [0.717, 1.165) is 30.2 Å². The first-order valence-corrected chi connectivity index (χ1v) is 14.4. The highest BCUT2D eigenvalue weighted by molar-refractivity contribution is 7.92. The lowest BCUT2D eigenvalue weighted by Crippen LogP contribution is -2.38. The molecular weight excluding hydrogens is 508 g/mol. The van der Waals surface area contributed by atoms with E-state index in [0.29, 0.717) is 28.7 Å². The first kappa shape index (κ1) is 27.6. The van der Waals surface area contributed by atoms with Crippen molar-refractivity contribution in [2.45, 2.75) is 44.6 Å². The van der Waals surface area contributed by atoms with Crippen LogP contribution in [0.2, 0.25) is 0 Å². The Morgan fingerprint density at radius 2 is 1.87 bits per heavy atom. The molecule has 0 bridgehead atoms. The molecule has 1 amide bonds. The van der Waals surface area contributed by atoms with Gasteiger partial charge in [0.25, 0.3) is 5.91 Å². The Balaban J connectivity index is 1.86. The maximum atomic E-state index is 13.0. The number of anilines is 1. The fraction of sp³-hybridized carbons (Fsp3) is 0.444. The largest absolute Gasteiger partial charge is 0.481 e. The summed E-state index contributed by atoms with van der Waals surface area (Å²) in [4.78, 5) is 30.8. The Kier molecular flexibility index (Phi) is 7.80. The standard InChI is InChI=1S/C27H34N4O6S/c1-16-6-8-18(9-7-16)24-23(26(34)28-2)21-15-20(17-10-11-17)25(29-27(21)37-24)31(38(5,35)36)13-12-19(30(3)4)14-22(32)33/h6-9,15,17,19H,10-14H2,1-5H3,(H,28,34)(H,32,33). The van der Waals surface area contributed by atoms with Crippen LogP contribution in [0.3, 0.4) is 0 Å². The molecule has 1 fully saturated rings. The van der Waals surface area contributed by atoms with Gasteiger partial charge in [-0.15, -0.1) is 0 Å². The Labute approximate surface area is 222 Å². The molecule has 4 rings (SSSR count). The number of hydrogen-bond acceptors (Lipinski definition) is 7. The Hall–Kier alpha value is -3.44. The molecule has 10 nitrogen and oxygen atoms in total. The number of carboxylic acids is 1. The molecule has 38 heavy (non-hydrogen) atoms. The SMILES string of the molecule is CNC(=O)c1c(-c2ccc(C)cc2)oc2nc(N(CCC(CC(=O)O)N(C)C)S(C)(=O)=O)c(C3CC3)cc12. The minimum absolute atomic E-state index is 0.0566. The monoisotopic (exact) mass is 542 g/mol. The van der Waals surface area contributed by atoms with Crippen LogP contribution in [0, 0.1) is 6.92 Å². The van der Waals surface area contributed by atoms with E-state index in [1.165, 1.54) is 4.31 Å². The molecule has 0 aliphatic heterocycles. The molecule has 2 heterocycles. The Morgan fingerprint density at radius 3 is 2.39 bits per heavy atom. The molecule has 2 N–H and O–H groups in total. The van der Waals surface area contributed by atoms with E-state index < -0.39 is 16.0 Å². The van der Waals surface area contributed by atoms with Crippen LogP contribution in [-0.2, 0) is 14.8 Å². The number of benzene rings is 1. The average Bonchev–Trinajstić information content (AvgIpc) is 3.62. The lowest BCUT2D eigenvalue weighted by atomic mass is 10.0. The van der Waals surface area contributed by atoms with Crippen LogP contribution >= 0.6 is 0 Å². The van der Waals surface area contributed by atoms with E-state index in [1.807, 2.05) is 37.3 Å². The maximum absolute atomic E-state index is 13.0. The fourth-order valence-corrected chi connectivity index (χ4v) is 5.52. The van der Waals surface area contributed by atoms with Crippen molar-refractivity contribution in [3.8, 4) is 11.3 Å². The smallest absolute Gasteiger partial charge is 0.304 e. The number of carbonyl (C=O) groups is 2. The van der Waals surface area contributed by atoms with Gasteiger partial charge in [-0.3, -0.25) is 13.9 Å². The molecule has 11 heteroatoms. The van der Waals surface area contributed by atoms with E-state index in [-0.39, 0.29) is 42.4 Å². The van der Waals surface area contributed by atoms with Crippen molar-refractivity contribution in [3.05, 3.63) is 47.0 Å². The molecule has 0 radical (unpaired) electrons. The lowest BCUT2D eigenvalue weighted by molar-refractivity contribution is -0.138. The van der Waals surface area contributed by atoms with Gasteiger partial charge in [-0.25, -0.2) is 8.42 Å². The van der Waals surface area contributed by atoms with E-state index in [2.05, 4.69) is 5.32 Å². The molecule has 1 atom stereocenters. The number of hydrogen-bond donors (Lipinski definition) is 2. The van der Waals surface area contributed by atoms with Gasteiger partial charge in [0, 0.05) is 25.2 Å². The van der Waals surface area contributed by atoms with Crippen molar-refractivity contribution in [1.82, 2.24) is 15.2 Å². The van der Waals surface area contributed by atoms with Crippen LogP contribution in [0.15, 0.2) is 34.7 Å². The normalized spacial score (nSPS) is 14.6. The number of aromatic nitrogens is 1. The van der Waals surface area contributed by atoms with Gasteiger partial charge in [0.05, 0.1) is 23.6 Å². The maximum Gasteiger partial charge on any atom is 0.304 e. The van der Waals surface area contributed by atoms with Crippen molar-refractivity contribution >= 4 is 38.8 Å². The number of carbonyl (C=O) groups excluding carboxylic acids is 1. The Bertz CT molecular complexity index is 1460. The molecular formula is C27H34N4O6S. The van der Waals surface area contributed by atoms with Crippen molar-refractivity contribution in [2.75, 3.05) is 38.2 Å². The number of aliphatic carboxylic acids is 1. The van der Waals surface area contributed by atoms with Crippen LogP contribution in [0.1, 0.15) is 53.1 Å². The summed E-state index contributed by atoms with van der Waals surface area (Å²) >= 11 is 0. The number of nitrogens with zero attached hydrogens (tertiary/aromatic N) is 3. The van der Waals surface area contributed by atoms with Crippen LogP contribution in [0.25, 0.3) is 22.4 Å². The van der Waals surface area contributed by atoms with Gasteiger partial charge < -0.3 is 19.7 Å². The fourth-order valence-electron chi connectivity index (χ4n) is 4.62. The minimum atomic E-state index is -3.76. The van der Waals surface area contributed by atoms with Gasteiger partial charge >= 0.3 is 5.97 Å². The number of aryl methyl sites for hydroxylation is 1. The van der Waals surface area contributed by atoms with Crippen molar-refractivity contribution < 1.29 is 27.5 Å². The molecule has 3 aromatic rings. The summed E-state index contributed by atoms with van der Waals surface area (Å²) < 4.78 is 33.4. The van der Waals surface area contributed by atoms with Crippen LogP contribution in [0.5, 0.6) is 0 Å². The molecule has 204 valence electrons. The number of nitrogens with one attached hydrogen (secondary N) is 1. The number of fused-ring (bicyclic) bond motifs is 1. The molecule has 1 aliphatic rings. The third-order valence-corrected chi connectivity index (χ3v) is 8.07. The lowest BCUT2D eigenvalue weighted by Gasteiger charge is -2.28. The minimum Gasteiger partial charge on any atom is -0.481 e. The van der Waals surface area contributed by atoms with Gasteiger partial charge in [-0.05, 0) is 57.8 Å². The summed E-state index contributed by atoms with van der Waals surface area (Å²) in [5.74, 6) is -0.522. The van der Waals surface area contributed by atoms with E-state index in [9.17, 15) is 23.1 Å². The van der Waals surface area contributed by atoms with Crippen LogP contribution in [0.4, 0.5) is 5.82 Å². The van der Waals surface area contributed by atoms with E-state index in [1.54, 1.807) is 26.0 Å². The molecule has 1 aliphatic carbocycles. The van der Waals surface area contributed by atoms with Gasteiger partial charge in [0.15, 0.2) is 0 Å². The zero-order chi connectivity index (χ0) is 27.8. The first-order chi connectivity index (χ1) is 17.9. The average molecular weight is 543 g/mol. The molecule has 0 spiro atoms. The summed E-state index contributed by atoms with van der Waals surface area (Å²) in [5.41, 5.74) is 3.04. The quantitative estimate of drug-likeness (QED) is 0.376. The zero-order valence-electron chi connectivity index (χ0n) is 22.3. The highest BCUT2D eigenvalue weighted by Gasteiger charge is 2.34. The highest BCUT2D eigenvalue weighted by atomic mass is 32.2. The predicted octanol–water partition coefficient (Wildman–Crippen LogP) is 3.60. The second kappa shape index (κ2) is 10.7. The van der Waals surface area contributed by atoms with Crippen LogP contribution in [-0.4, -0.2) is 75.3 Å². The topological polar surface area (TPSA) is 133 Å². The van der Waals surface area contributed by atoms with E-state index in [4.69, 9.17) is 9.40 Å². The molecule has 1 aromatic carbocycles. The van der Waals surface area contributed by atoms with Gasteiger partial charge in [-0.1, -0.05) is 29.8 Å². The van der Waals surface area contributed by atoms with Crippen molar-refractivity contribution in [3.63, 3.8) is 0 Å². The van der Waals surface area contributed by atoms with Gasteiger partial charge in [0.2, 0.25) is 15.7 Å². The number of amides is 1. The number of furan rings is 1. The summed E-state index contributed by atoms with van der Waals surface area (Å²) in [6, 6.07) is 9.06. The van der Waals surface area contributed by atoms with Gasteiger partial charge in [0.1, 0.15) is 11.6 Å². The molecule has 1 saturated carbocycles. The van der Waals surface area contributed by atoms with E-state index >= 15 is 0 Å². The number of carboxylic acid groups (broad SMARTS) is 1. The molecule has 2 aromatic heterocycles. The van der Waals surface area contributed by atoms with Crippen molar-refractivity contribution in [2.24, 2.45) is 0 Å². The zero-order valence-corrected chi connectivity index (χ0v) is 23.1. The van der Waals surface area contributed by atoms with Crippen LogP contribution < -0.4 is 9.62 Å². The summed E-state index contributed by atoms with van der Waals surface area (Å²) in [7, 11) is 1.33.